The smallest absolute Gasteiger partial charge is 0.257 e. The highest BCUT2D eigenvalue weighted by Gasteiger charge is 2.33. The topological polar surface area (TPSA) is 74.8 Å². The molecule has 2 N–H and O–H groups in total. The number of aromatic amines is 1. The van der Waals surface area contributed by atoms with Gasteiger partial charge in [0.15, 0.2) is 5.16 Å². The van der Waals surface area contributed by atoms with E-state index in [-0.39, 0.29) is 23.7 Å². The molecule has 1 aliphatic rings. The minimum atomic E-state index is -0.547. The third-order valence-corrected chi connectivity index (χ3v) is 6.10. The number of amides is 1. The Morgan fingerprint density at radius 2 is 1.71 bits per heavy atom. The van der Waals surface area contributed by atoms with Crippen LogP contribution in [0.15, 0.2) is 58.5 Å². The minimum absolute atomic E-state index is 0.0811. The third-order valence-electron chi connectivity index (χ3n) is 4.50. The van der Waals surface area contributed by atoms with E-state index in [0.717, 1.165) is 5.56 Å². The largest absolute Gasteiger partial charge is 0.310 e. The fourth-order valence-electron chi connectivity index (χ4n) is 3.24. The molecule has 0 aliphatic carbocycles. The van der Waals surface area contributed by atoms with Gasteiger partial charge in [-0.2, -0.15) is 0 Å². The first-order valence-corrected chi connectivity index (χ1v) is 10.3. The monoisotopic (exact) mass is 431 g/mol. The summed E-state index contributed by atoms with van der Waals surface area (Å²) in [5.41, 5.74) is 1.75. The molecule has 8 heteroatoms. The highest BCUT2D eigenvalue weighted by Crippen LogP contribution is 2.41. The van der Waals surface area contributed by atoms with Crippen molar-refractivity contribution in [3.63, 3.8) is 0 Å². The maximum atomic E-state index is 12.9. The normalized spacial score (nSPS) is 15.8. The molecule has 1 unspecified atom stereocenters. The molecule has 1 amide bonds. The Balaban J connectivity index is 1.71. The first-order valence-electron chi connectivity index (χ1n) is 8.57. The van der Waals surface area contributed by atoms with Crippen LogP contribution in [-0.4, -0.2) is 15.9 Å². The number of fused-ring (bicyclic) bond motifs is 1. The first kappa shape index (κ1) is 19.1. The Morgan fingerprint density at radius 1 is 1.00 bits per heavy atom. The van der Waals surface area contributed by atoms with Crippen molar-refractivity contribution >= 4 is 46.7 Å². The van der Waals surface area contributed by atoms with Crippen molar-refractivity contribution in [2.45, 2.75) is 23.2 Å². The fourth-order valence-corrected chi connectivity index (χ4v) is 4.71. The van der Waals surface area contributed by atoms with Gasteiger partial charge < -0.3 is 10.3 Å². The molecule has 0 bridgehead atoms. The number of thioether (sulfide) groups is 1. The maximum Gasteiger partial charge on any atom is 0.257 e. The molecule has 0 radical (unpaired) electrons. The lowest BCUT2D eigenvalue weighted by Gasteiger charge is -2.25. The second kappa shape index (κ2) is 7.99. The van der Waals surface area contributed by atoms with E-state index in [0.29, 0.717) is 32.1 Å². The van der Waals surface area contributed by atoms with Crippen LogP contribution in [0.25, 0.3) is 0 Å². The van der Waals surface area contributed by atoms with E-state index in [9.17, 15) is 9.59 Å². The Kier molecular flexibility index (Phi) is 5.44. The number of halogens is 2. The summed E-state index contributed by atoms with van der Waals surface area (Å²) in [6.45, 7) is 0. The van der Waals surface area contributed by atoms with Crippen LogP contribution < -0.4 is 10.9 Å². The molecule has 0 fully saturated rings. The van der Waals surface area contributed by atoms with Gasteiger partial charge in [0.2, 0.25) is 5.91 Å². The van der Waals surface area contributed by atoms with Crippen molar-refractivity contribution in [3.05, 3.63) is 85.6 Å². The van der Waals surface area contributed by atoms with Crippen LogP contribution in [0, 0.1) is 0 Å². The number of rotatable bonds is 4. The summed E-state index contributed by atoms with van der Waals surface area (Å²) in [5.74, 6) is 0.132. The van der Waals surface area contributed by atoms with Crippen LogP contribution in [0.4, 0.5) is 5.82 Å². The van der Waals surface area contributed by atoms with E-state index >= 15 is 0 Å². The Bertz CT molecular complexity index is 1080. The molecule has 1 aromatic heterocycles. The van der Waals surface area contributed by atoms with Gasteiger partial charge in [-0.1, -0.05) is 71.4 Å². The molecule has 142 valence electrons. The molecule has 5 nitrogen and oxygen atoms in total. The standard InChI is InChI=1S/C20H15Cl2N3O2S/c21-13-7-4-8-14(22)16(13)12-9-15(26)23-18-17(12)19(27)25-20(24-18)28-10-11-5-2-1-3-6-11/h1-8,12H,9-10H2,(H2,23,24,25,26,27). The molecule has 4 rings (SSSR count). The Hall–Kier alpha value is -2.28. The minimum Gasteiger partial charge on any atom is -0.310 e. The van der Waals surface area contributed by atoms with Crippen LogP contribution >= 0.6 is 35.0 Å². The number of hydrogen-bond donors (Lipinski definition) is 2. The van der Waals surface area contributed by atoms with Gasteiger partial charge in [-0.15, -0.1) is 0 Å². The Morgan fingerprint density at radius 3 is 2.43 bits per heavy atom. The van der Waals surface area contributed by atoms with Gasteiger partial charge in [-0.25, -0.2) is 4.98 Å². The fraction of sp³-hybridized carbons (Fsp3) is 0.150. The molecule has 3 aromatic rings. The van der Waals surface area contributed by atoms with Gasteiger partial charge >= 0.3 is 0 Å². The number of H-pyrrole nitrogens is 1. The molecular formula is C20H15Cl2N3O2S. The van der Waals surface area contributed by atoms with Crippen molar-refractivity contribution in [3.8, 4) is 0 Å². The van der Waals surface area contributed by atoms with Gasteiger partial charge in [0.25, 0.3) is 5.56 Å². The van der Waals surface area contributed by atoms with Crippen LogP contribution in [0.2, 0.25) is 10.0 Å². The number of hydrogen-bond acceptors (Lipinski definition) is 4. The number of nitrogens with one attached hydrogen (secondary N) is 2. The summed E-state index contributed by atoms with van der Waals surface area (Å²) in [7, 11) is 0. The molecule has 0 spiro atoms. The molecular weight excluding hydrogens is 417 g/mol. The second-order valence-corrected chi connectivity index (χ2v) is 8.13. The summed E-state index contributed by atoms with van der Waals surface area (Å²) in [6.07, 6.45) is 0.0811. The van der Waals surface area contributed by atoms with Gasteiger partial charge in [0.1, 0.15) is 5.82 Å². The van der Waals surface area contributed by atoms with E-state index < -0.39 is 5.92 Å². The zero-order valence-corrected chi connectivity index (χ0v) is 16.9. The van der Waals surface area contributed by atoms with Gasteiger partial charge in [0.05, 0.1) is 5.56 Å². The van der Waals surface area contributed by atoms with E-state index in [1.165, 1.54) is 11.8 Å². The molecule has 1 atom stereocenters. The van der Waals surface area contributed by atoms with E-state index in [1.54, 1.807) is 18.2 Å². The lowest BCUT2D eigenvalue weighted by molar-refractivity contribution is -0.116. The predicted molar refractivity (Wildman–Crippen MR) is 112 cm³/mol. The zero-order chi connectivity index (χ0) is 19.7. The number of aromatic nitrogens is 2. The molecule has 0 saturated heterocycles. The summed E-state index contributed by atoms with van der Waals surface area (Å²) in [6, 6.07) is 15.0. The molecule has 2 heterocycles. The van der Waals surface area contributed by atoms with Crippen molar-refractivity contribution in [1.29, 1.82) is 0 Å². The van der Waals surface area contributed by atoms with Crippen molar-refractivity contribution in [2.24, 2.45) is 0 Å². The molecule has 28 heavy (non-hydrogen) atoms. The molecule has 0 saturated carbocycles. The van der Waals surface area contributed by atoms with Crippen LogP contribution in [0.1, 0.15) is 29.0 Å². The van der Waals surface area contributed by atoms with Crippen LogP contribution in [0.5, 0.6) is 0 Å². The van der Waals surface area contributed by atoms with E-state index in [4.69, 9.17) is 23.2 Å². The molecule has 1 aliphatic heterocycles. The predicted octanol–water partition coefficient (Wildman–Crippen LogP) is 4.84. The van der Waals surface area contributed by atoms with Crippen molar-refractivity contribution in [2.75, 3.05) is 5.32 Å². The Labute approximate surface area is 175 Å². The average Bonchev–Trinajstić information content (AvgIpc) is 2.66. The summed E-state index contributed by atoms with van der Waals surface area (Å²) in [5, 5.41) is 3.99. The second-order valence-electron chi connectivity index (χ2n) is 6.35. The summed E-state index contributed by atoms with van der Waals surface area (Å²) >= 11 is 14.0. The van der Waals surface area contributed by atoms with Crippen LogP contribution in [0.3, 0.4) is 0 Å². The lowest BCUT2D eigenvalue weighted by atomic mass is 9.87. The number of benzene rings is 2. The highest BCUT2D eigenvalue weighted by molar-refractivity contribution is 7.98. The third kappa shape index (κ3) is 3.81. The first-order chi connectivity index (χ1) is 13.5. The zero-order valence-electron chi connectivity index (χ0n) is 14.5. The quantitative estimate of drug-likeness (QED) is 0.457. The van der Waals surface area contributed by atoms with Gasteiger partial charge in [-0.05, 0) is 23.3 Å². The average molecular weight is 432 g/mol. The number of anilines is 1. The number of nitrogens with zero attached hydrogens (tertiary/aromatic N) is 1. The van der Waals surface area contributed by atoms with Gasteiger partial charge in [-0.3, -0.25) is 9.59 Å². The van der Waals surface area contributed by atoms with E-state index in [2.05, 4.69) is 15.3 Å². The molecule has 2 aromatic carbocycles. The number of carbonyl (C=O) groups is 1. The van der Waals surface area contributed by atoms with Crippen LogP contribution in [-0.2, 0) is 10.5 Å². The summed E-state index contributed by atoms with van der Waals surface area (Å²) in [4.78, 5) is 32.4. The van der Waals surface area contributed by atoms with Gasteiger partial charge in [0, 0.05) is 28.1 Å². The lowest BCUT2D eigenvalue weighted by Crippen LogP contribution is -2.31. The summed E-state index contributed by atoms with van der Waals surface area (Å²) < 4.78 is 0. The van der Waals surface area contributed by atoms with Crippen molar-refractivity contribution < 1.29 is 4.79 Å². The van der Waals surface area contributed by atoms with Crippen molar-refractivity contribution in [1.82, 2.24) is 9.97 Å². The number of carbonyl (C=O) groups excluding carboxylic acids is 1. The van der Waals surface area contributed by atoms with E-state index in [1.807, 2.05) is 30.3 Å². The SMILES string of the molecule is O=C1CC(c2c(Cl)cccc2Cl)c2c(nc(SCc3ccccc3)[nH]c2=O)N1. The maximum absolute atomic E-state index is 12.9. The highest BCUT2D eigenvalue weighted by atomic mass is 35.5.